The number of esters is 1. The fraction of sp³-hybridized carbons (Fsp3) is 0.200. The maximum absolute atomic E-state index is 12.5. The maximum Gasteiger partial charge on any atom is 0.379 e. The number of benzene rings is 2. The fourth-order valence-electron chi connectivity index (χ4n) is 2.31. The largest absolute Gasteiger partial charge is 0.460 e. The van der Waals surface area contributed by atoms with Crippen LogP contribution >= 0.6 is 0 Å². The van der Waals surface area contributed by atoms with Gasteiger partial charge in [0.2, 0.25) is 0 Å². The smallest absolute Gasteiger partial charge is 0.379 e. The number of Topliss-reactive ketones (excluding diaryl/α,β-unsaturated/α-hetero) is 1. The van der Waals surface area contributed by atoms with E-state index in [2.05, 4.69) is 0 Å². The van der Waals surface area contributed by atoms with Crippen LogP contribution in [0.25, 0.3) is 5.57 Å². The molecular weight excluding hydrogens is 302 g/mol. The van der Waals surface area contributed by atoms with E-state index in [1.807, 2.05) is 72.5 Å². The third-order valence-electron chi connectivity index (χ3n) is 3.50. The summed E-state index contributed by atoms with van der Waals surface area (Å²) in [7, 11) is 0. The van der Waals surface area contributed by atoms with E-state index in [0.29, 0.717) is 17.7 Å². The van der Waals surface area contributed by atoms with Gasteiger partial charge in [-0.05, 0) is 31.5 Å². The summed E-state index contributed by atoms with van der Waals surface area (Å²) < 4.78 is 4.88. The molecule has 0 saturated carbocycles. The molecule has 0 N–H and O–H groups in total. The monoisotopic (exact) mass is 323 g/mol. The number of ether oxygens (including phenoxy) is 1. The van der Waals surface area contributed by atoms with Gasteiger partial charge in [0, 0.05) is 18.4 Å². The molecule has 0 spiro atoms. The predicted octanol–water partition coefficient (Wildman–Crippen LogP) is 3.69. The van der Waals surface area contributed by atoms with Gasteiger partial charge in [0.05, 0.1) is 12.2 Å². The predicted molar refractivity (Wildman–Crippen MR) is 95.5 cm³/mol. The molecule has 2 rings (SSSR count). The first-order valence-corrected chi connectivity index (χ1v) is 7.97. The van der Waals surface area contributed by atoms with E-state index in [1.54, 1.807) is 13.1 Å². The third kappa shape index (κ3) is 4.32. The minimum absolute atomic E-state index is 0.169. The molecule has 24 heavy (non-hydrogen) atoms. The minimum Gasteiger partial charge on any atom is -0.460 e. The standard InChI is InChI=1S/C20H21NO3/c1-3-21(17-13-9-6-10-14-17)15-18(16-11-7-5-8-12-16)19(22)20(23)24-4-2/h5-15H,3-4H2,1-2H3/b18-15+. The van der Waals surface area contributed by atoms with Gasteiger partial charge in [0.1, 0.15) is 0 Å². The first kappa shape index (κ1) is 17.5. The van der Waals surface area contributed by atoms with Gasteiger partial charge in [-0.3, -0.25) is 4.79 Å². The van der Waals surface area contributed by atoms with Crippen LogP contribution in [0.3, 0.4) is 0 Å². The highest BCUT2D eigenvalue weighted by Crippen LogP contribution is 2.21. The van der Waals surface area contributed by atoms with Gasteiger partial charge >= 0.3 is 5.97 Å². The number of rotatable bonds is 7. The van der Waals surface area contributed by atoms with Gasteiger partial charge in [-0.15, -0.1) is 0 Å². The Hall–Kier alpha value is -2.88. The number of anilines is 1. The number of carbonyl (C=O) groups excluding carboxylic acids is 2. The van der Waals surface area contributed by atoms with Crippen molar-refractivity contribution in [1.29, 1.82) is 0 Å². The van der Waals surface area contributed by atoms with Gasteiger partial charge in [-0.2, -0.15) is 0 Å². The molecule has 0 aliphatic rings. The number of ketones is 1. The summed E-state index contributed by atoms with van der Waals surface area (Å²) >= 11 is 0. The molecule has 0 aromatic heterocycles. The summed E-state index contributed by atoms with van der Waals surface area (Å²) in [6.45, 7) is 4.50. The second-order valence-electron chi connectivity index (χ2n) is 5.08. The molecule has 0 aliphatic heterocycles. The van der Waals surface area contributed by atoms with Gasteiger partial charge in [0.25, 0.3) is 5.78 Å². The zero-order valence-electron chi connectivity index (χ0n) is 13.9. The number of hydrogen-bond donors (Lipinski definition) is 0. The van der Waals surface area contributed by atoms with Crippen LogP contribution in [0.4, 0.5) is 5.69 Å². The van der Waals surface area contributed by atoms with Crippen LogP contribution in [0.2, 0.25) is 0 Å². The van der Waals surface area contributed by atoms with E-state index in [1.165, 1.54) is 0 Å². The molecule has 2 aromatic carbocycles. The van der Waals surface area contributed by atoms with E-state index < -0.39 is 11.8 Å². The highest BCUT2D eigenvalue weighted by molar-refractivity contribution is 6.51. The van der Waals surface area contributed by atoms with E-state index in [-0.39, 0.29) is 6.61 Å². The molecule has 2 aromatic rings. The molecule has 4 nitrogen and oxygen atoms in total. The van der Waals surface area contributed by atoms with Crippen LogP contribution in [0.5, 0.6) is 0 Å². The number of hydrogen-bond acceptors (Lipinski definition) is 4. The van der Waals surface area contributed by atoms with Crippen LogP contribution in [0.15, 0.2) is 66.9 Å². The molecule has 0 radical (unpaired) electrons. The van der Waals surface area contributed by atoms with Crippen molar-refractivity contribution in [3.63, 3.8) is 0 Å². The fourth-order valence-corrected chi connectivity index (χ4v) is 2.31. The lowest BCUT2D eigenvalue weighted by atomic mass is 10.0. The molecule has 0 unspecified atom stereocenters. The average molecular weight is 323 g/mol. The Morgan fingerprint density at radius 3 is 2.08 bits per heavy atom. The normalized spacial score (nSPS) is 11.0. The highest BCUT2D eigenvalue weighted by atomic mass is 16.5. The first-order valence-electron chi connectivity index (χ1n) is 7.97. The van der Waals surface area contributed by atoms with Crippen LogP contribution in [0.1, 0.15) is 19.4 Å². The Labute approximate surface area is 142 Å². The Kier molecular flexibility index (Phi) is 6.32. The Morgan fingerprint density at radius 2 is 1.54 bits per heavy atom. The van der Waals surface area contributed by atoms with Crippen molar-refractivity contribution in [2.75, 3.05) is 18.1 Å². The van der Waals surface area contributed by atoms with Crippen molar-refractivity contribution >= 4 is 23.0 Å². The zero-order chi connectivity index (χ0) is 17.4. The Morgan fingerprint density at radius 1 is 0.958 bits per heavy atom. The summed E-state index contributed by atoms with van der Waals surface area (Å²) in [6, 6.07) is 18.9. The van der Waals surface area contributed by atoms with Crippen molar-refractivity contribution in [2.24, 2.45) is 0 Å². The highest BCUT2D eigenvalue weighted by Gasteiger charge is 2.22. The molecule has 124 valence electrons. The summed E-state index contributed by atoms with van der Waals surface area (Å²) in [5.41, 5.74) is 1.95. The van der Waals surface area contributed by atoms with Crippen LogP contribution in [-0.2, 0) is 14.3 Å². The molecule has 0 aliphatic carbocycles. The zero-order valence-corrected chi connectivity index (χ0v) is 13.9. The molecule has 0 atom stereocenters. The summed E-state index contributed by atoms with van der Waals surface area (Å²) in [5.74, 6) is -1.48. The van der Waals surface area contributed by atoms with Crippen LogP contribution in [0, 0.1) is 0 Å². The van der Waals surface area contributed by atoms with Crippen molar-refractivity contribution in [2.45, 2.75) is 13.8 Å². The van der Waals surface area contributed by atoms with Gasteiger partial charge in [0.15, 0.2) is 0 Å². The van der Waals surface area contributed by atoms with E-state index >= 15 is 0 Å². The SMILES string of the molecule is CCOC(=O)C(=O)/C(=C/N(CC)c1ccccc1)c1ccccc1. The van der Waals surface area contributed by atoms with Gasteiger partial charge in [-0.25, -0.2) is 4.79 Å². The quantitative estimate of drug-likeness (QED) is 0.443. The second-order valence-corrected chi connectivity index (χ2v) is 5.08. The Bertz CT molecular complexity index is 708. The third-order valence-corrected chi connectivity index (χ3v) is 3.50. The molecular formula is C20H21NO3. The lowest BCUT2D eigenvalue weighted by Crippen LogP contribution is -2.22. The molecule has 0 fully saturated rings. The number of para-hydroxylation sites is 1. The molecule has 0 saturated heterocycles. The summed E-state index contributed by atoms with van der Waals surface area (Å²) in [6.07, 6.45) is 1.71. The summed E-state index contributed by atoms with van der Waals surface area (Å²) in [4.78, 5) is 26.4. The topological polar surface area (TPSA) is 46.6 Å². The van der Waals surface area contributed by atoms with Crippen LogP contribution in [-0.4, -0.2) is 24.9 Å². The molecule has 0 bridgehead atoms. The van der Waals surface area contributed by atoms with Gasteiger partial charge < -0.3 is 9.64 Å². The maximum atomic E-state index is 12.5. The van der Waals surface area contributed by atoms with E-state index in [0.717, 1.165) is 5.69 Å². The molecule has 0 amide bonds. The number of nitrogens with zero attached hydrogens (tertiary/aromatic N) is 1. The number of carbonyl (C=O) groups is 2. The molecule has 0 heterocycles. The Balaban J connectivity index is 2.45. The van der Waals surface area contributed by atoms with Gasteiger partial charge in [-0.1, -0.05) is 48.5 Å². The minimum atomic E-state index is -0.836. The van der Waals surface area contributed by atoms with E-state index in [4.69, 9.17) is 4.74 Å². The lowest BCUT2D eigenvalue weighted by Gasteiger charge is -2.20. The van der Waals surface area contributed by atoms with Crippen molar-refractivity contribution < 1.29 is 14.3 Å². The van der Waals surface area contributed by atoms with Crippen molar-refractivity contribution in [3.05, 3.63) is 72.4 Å². The summed E-state index contributed by atoms with van der Waals surface area (Å²) in [5, 5.41) is 0. The average Bonchev–Trinajstić information content (AvgIpc) is 2.64. The first-order chi connectivity index (χ1) is 11.7. The van der Waals surface area contributed by atoms with E-state index in [9.17, 15) is 9.59 Å². The van der Waals surface area contributed by atoms with Crippen molar-refractivity contribution in [1.82, 2.24) is 0 Å². The molecule has 4 heteroatoms. The van der Waals surface area contributed by atoms with Crippen molar-refractivity contribution in [3.8, 4) is 0 Å². The second kappa shape index (κ2) is 8.67. The lowest BCUT2D eigenvalue weighted by molar-refractivity contribution is -0.150. The van der Waals surface area contributed by atoms with Crippen LogP contribution < -0.4 is 4.90 Å².